The van der Waals surface area contributed by atoms with Crippen LogP contribution in [0.3, 0.4) is 0 Å². The van der Waals surface area contributed by atoms with Crippen molar-refractivity contribution in [1.82, 2.24) is 25.1 Å². The first-order valence-electron chi connectivity index (χ1n) is 7.88. The van der Waals surface area contributed by atoms with Crippen LogP contribution < -0.4 is 10.6 Å². The number of hydrogen-bond acceptors (Lipinski definition) is 7. The lowest BCUT2D eigenvalue weighted by molar-refractivity contribution is 0.0160. The molecule has 1 atom stereocenters. The fourth-order valence-electron chi connectivity index (χ4n) is 2.00. The molecule has 2 N–H and O–H groups in total. The Morgan fingerprint density at radius 3 is 2.81 bits per heavy atom. The van der Waals surface area contributed by atoms with E-state index >= 15 is 0 Å². The van der Waals surface area contributed by atoms with Gasteiger partial charge in [0.15, 0.2) is 16.1 Å². The van der Waals surface area contributed by atoms with Gasteiger partial charge in [-0.25, -0.2) is 19.4 Å². The van der Waals surface area contributed by atoms with E-state index < -0.39 is 6.09 Å². The topological polar surface area (TPSA) is 103 Å². The molecule has 1 amide bonds. The summed E-state index contributed by atoms with van der Waals surface area (Å²) in [5, 5.41) is 9.49. The normalized spacial score (nSPS) is 11.7. The summed E-state index contributed by atoms with van der Waals surface area (Å²) in [5.74, 6) is 0.288. The maximum Gasteiger partial charge on any atom is 0.413 e. The van der Waals surface area contributed by atoms with Crippen LogP contribution in [-0.2, 0) is 9.47 Å². The molecule has 0 fully saturated rings. The van der Waals surface area contributed by atoms with Crippen LogP contribution >= 0.6 is 23.8 Å². The molecule has 2 rings (SSSR count). The van der Waals surface area contributed by atoms with E-state index in [1.165, 1.54) is 6.20 Å². The molecule has 2 aromatic heterocycles. The van der Waals surface area contributed by atoms with Crippen LogP contribution in [0.1, 0.15) is 27.0 Å². The van der Waals surface area contributed by atoms with Gasteiger partial charge >= 0.3 is 6.09 Å². The summed E-state index contributed by atoms with van der Waals surface area (Å²) < 4.78 is 11.9. The molecular formula is C15H19ClN6O3S. The zero-order valence-corrected chi connectivity index (χ0v) is 16.1. The molecule has 1 unspecified atom stereocenters. The average molecular weight is 399 g/mol. The first-order valence-corrected chi connectivity index (χ1v) is 8.66. The van der Waals surface area contributed by atoms with Crippen LogP contribution in [-0.4, -0.2) is 44.2 Å². The number of rotatable bonds is 6. The van der Waals surface area contributed by atoms with Crippen LogP contribution in [0.15, 0.2) is 18.6 Å². The Bertz CT molecular complexity index is 784. The lowest BCUT2D eigenvalue weighted by Gasteiger charge is -2.11. The van der Waals surface area contributed by atoms with Crippen molar-refractivity contribution in [2.75, 3.05) is 18.5 Å². The van der Waals surface area contributed by atoms with Crippen molar-refractivity contribution in [3.8, 4) is 11.3 Å². The summed E-state index contributed by atoms with van der Waals surface area (Å²) in [6.07, 6.45) is 4.00. The van der Waals surface area contributed by atoms with Gasteiger partial charge in [-0.2, -0.15) is 5.10 Å². The molecule has 0 saturated carbocycles. The Morgan fingerprint density at radius 1 is 1.38 bits per heavy atom. The van der Waals surface area contributed by atoms with E-state index in [9.17, 15) is 4.79 Å². The monoisotopic (exact) mass is 398 g/mol. The van der Waals surface area contributed by atoms with E-state index in [0.29, 0.717) is 17.9 Å². The highest BCUT2D eigenvalue weighted by atomic mass is 35.5. The van der Waals surface area contributed by atoms with Crippen LogP contribution in [0, 0.1) is 0 Å². The number of alkyl carbamates (subject to hydrolysis) is 1. The van der Waals surface area contributed by atoms with Crippen molar-refractivity contribution in [2.24, 2.45) is 0 Å². The standard InChI is InChI=1S/C15H19ClN6O3S/c1-4-24-9(3)22-8-10(6-18-22)12-13(16)19-11(7-17-12)20-14(26)21-15(23)25-5-2/h6-9H,4-5H2,1-3H3,(H2,19,20,21,23,26). The minimum Gasteiger partial charge on any atom is -0.450 e. The van der Waals surface area contributed by atoms with Crippen molar-refractivity contribution in [3.05, 3.63) is 23.7 Å². The predicted octanol–water partition coefficient (Wildman–Crippen LogP) is 2.99. The van der Waals surface area contributed by atoms with Gasteiger partial charge in [-0.05, 0) is 33.0 Å². The summed E-state index contributed by atoms with van der Waals surface area (Å²) in [6, 6.07) is 0. The van der Waals surface area contributed by atoms with Crippen molar-refractivity contribution >= 4 is 40.8 Å². The zero-order chi connectivity index (χ0) is 19.1. The molecule has 0 radical (unpaired) electrons. The van der Waals surface area contributed by atoms with Gasteiger partial charge in [-0.3, -0.25) is 5.32 Å². The number of halogens is 1. The maximum absolute atomic E-state index is 11.3. The number of amides is 1. The van der Waals surface area contributed by atoms with Crippen LogP contribution in [0.5, 0.6) is 0 Å². The molecule has 140 valence electrons. The summed E-state index contributed by atoms with van der Waals surface area (Å²) in [7, 11) is 0. The highest BCUT2D eigenvalue weighted by molar-refractivity contribution is 7.80. The molecule has 26 heavy (non-hydrogen) atoms. The lowest BCUT2D eigenvalue weighted by atomic mass is 10.3. The van der Waals surface area contributed by atoms with E-state index in [2.05, 4.69) is 25.7 Å². The Morgan fingerprint density at radius 2 is 2.15 bits per heavy atom. The van der Waals surface area contributed by atoms with E-state index in [1.807, 2.05) is 13.8 Å². The Balaban J connectivity index is 2.07. The van der Waals surface area contributed by atoms with Gasteiger partial charge in [0.2, 0.25) is 0 Å². The van der Waals surface area contributed by atoms with Crippen LogP contribution in [0.25, 0.3) is 11.3 Å². The first-order chi connectivity index (χ1) is 12.4. The second-order valence-electron chi connectivity index (χ2n) is 4.96. The summed E-state index contributed by atoms with van der Waals surface area (Å²) in [4.78, 5) is 19.8. The molecule has 2 heterocycles. The molecule has 0 aromatic carbocycles. The number of ether oxygens (including phenoxy) is 2. The highest BCUT2D eigenvalue weighted by Gasteiger charge is 2.13. The van der Waals surface area contributed by atoms with Gasteiger partial charge in [-0.1, -0.05) is 11.6 Å². The number of thiocarbonyl (C=S) groups is 1. The van der Waals surface area contributed by atoms with Gasteiger partial charge < -0.3 is 14.8 Å². The third-order valence-electron chi connectivity index (χ3n) is 3.12. The average Bonchev–Trinajstić information content (AvgIpc) is 3.05. The van der Waals surface area contributed by atoms with E-state index in [4.69, 9.17) is 33.3 Å². The summed E-state index contributed by atoms with van der Waals surface area (Å²) in [5.41, 5.74) is 1.17. The maximum atomic E-state index is 11.3. The minimum atomic E-state index is -0.656. The largest absolute Gasteiger partial charge is 0.450 e. The zero-order valence-electron chi connectivity index (χ0n) is 14.5. The van der Waals surface area contributed by atoms with Gasteiger partial charge in [0, 0.05) is 18.4 Å². The van der Waals surface area contributed by atoms with Crippen molar-refractivity contribution in [2.45, 2.75) is 27.0 Å². The molecule has 0 aliphatic rings. The van der Waals surface area contributed by atoms with Gasteiger partial charge in [-0.15, -0.1) is 0 Å². The number of carbonyl (C=O) groups is 1. The Labute approximate surface area is 161 Å². The number of anilines is 1. The molecule has 0 spiro atoms. The molecule has 9 nitrogen and oxygen atoms in total. The third-order valence-corrected chi connectivity index (χ3v) is 3.59. The van der Waals surface area contributed by atoms with Gasteiger partial charge in [0.25, 0.3) is 0 Å². The van der Waals surface area contributed by atoms with Crippen LogP contribution in [0.2, 0.25) is 5.15 Å². The number of nitrogens with one attached hydrogen (secondary N) is 2. The summed E-state index contributed by atoms with van der Waals surface area (Å²) in [6.45, 7) is 6.31. The van der Waals surface area contributed by atoms with Crippen molar-refractivity contribution in [1.29, 1.82) is 0 Å². The number of carbonyl (C=O) groups excluding carboxylic acids is 1. The molecule has 2 aromatic rings. The van der Waals surface area contributed by atoms with E-state index in [0.717, 1.165) is 0 Å². The number of hydrogen-bond donors (Lipinski definition) is 2. The third kappa shape index (κ3) is 5.35. The lowest BCUT2D eigenvalue weighted by Crippen LogP contribution is -2.34. The Kier molecular flexibility index (Phi) is 7.25. The van der Waals surface area contributed by atoms with Crippen LogP contribution in [0.4, 0.5) is 10.6 Å². The van der Waals surface area contributed by atoms with Crippen molar-refractivity contribution in [3.63, 3.8) is 0 Å². The van der Waals surface area contributed by atoms with E-state index in [1.54, 1.807) is 24.0 Å². The smallest absolute Gasteiger partial charge is 0.413 e. The summed E-state index contributed by atoms with van der Waals surface area (Å²) >= 11 is 11.2. The van der Waals surface area contributed by atoms with Gasteiger partial charge in [0.1, 0.15) is 11.9 Å². The number of nitrogens with zero attached hydrogens (tertiary/aromatic N) is 4. The van der Waals surface area contributed by atoms with Crippen molar-refractivity contribution < 1.29 is 14.3 Å². The highest BCUT2D eigenvalue weighted by Crippen LogP contribution is 2.25. The Hall–Kier alpha value is -2.30. The fraction of sp³-hybridized carbons (Fsp3) is 0.400. The molecule has 0 aliphatic heterocycles. The van der Waals surface area contributed by atoms with Gasteiger partial charge in [0.05, 0.1) is 19.0 Å². The fourth-order valence-corrected chi connectivity index (χ4v) is 2.44. The molecule has 0 bridgehead atoms. The molecular weight excluding hydrogens is 380 g/mol. The predicted molar refractivity (Wildman–Crippen MR) is 101 cm³/mol. The molecule has 0 saturated heterocycles. The minimum absolute atomic E-state index is 0.0277. The second kappa shape index (κ2) is 9.41. The number of aromatic nitrogens is 4. The molecule has 11 heteroatoms. The van der Waals surface area contributed by atoms with E-state index in [-0.39, 0.29) is 28.9 Å². The molecule has 0 aliphatic carbocycles. The first kappa shape index (κ1) is 20.0. The SMILES string of the molecule is CCOC(=O)NC(=S)Nc1cnc(-c2cnn(C(C)OCC)c2)c(Cl)n1. The quantitative estimate of drug-likeness (QED) is 0.716. The second-order valence-corrected chi connectivity index (χ2v) is 5.72.